The van der Waals surface area contributed by atoms with E-state index in [9.17, 15) is 4.79 Å². The van der Waals surface area contributed by atoms with E-state index in [-0.39, 0.29) is 5.91 Å². The molecule has 0 aromatic carbocycles. The average Bonchev–Trinajstić information content (AvgIpc) is 2.52. The summed E-state index contributed by atoms with van der Waals surface area (Å²) in [6, 6.07) is 0. The lowest BCUT2D eigenvalue weighted by Crippen LogP contribution is -2.24. The van der Waals surface area contributed by atoms with Crippen molar-refractivity contribution in [2.75, 3.05) is 26.4 Å². The first-order valence-corrected chi connectivity index (χ1v) is 5.62. The quantitative estimate of drug-likeness (QED) is 0.780. The molecule has 1 amide bonds. The number of ether oxygens (including phenoxy) is 1. The van der Waals surface area contributed by atoms with E-state index < -0.39 is 0 Å². The molecule has 1 aromatic rings. The van der Waals surface area contributed by atoms with Gasteiger partial charge in [-0.3, -0.25) is 4.79 Å². The number of anilines is 1. The van der Waals surface area contributed by atoms with Crippen molar-refractivity contribution in [3.8, 4) is 0 Å². The fourth-order valence-electron chi connectivity index (χ4n) is 1.69. The Labute approximate surface area is 92.6 Å². The molecule has 0 saturated heterocycles. The van der Waals surface area contributed by atoms with Crippen LogP contribution in [0.3, 0.4) is 0 Å². The first-order chi connectivity index (χ1) is 7.11. The van der Waals surface area contributed by atoms with Gasteiger partial charge in [0.05, 0.1) is 23.8 Å². The number of rotatable bonds is 1. The lowest BCUT2D eigenvalue weighted by molar-refractivity contribution is 0.0812. The second kappa shape index (κ2) is 3.83. The molecular weight excluding hydrogens is 212 g/mol. The Morgan fingerprint density at radius 2 is 2.27 bits per heavy atom. The first kappa shape index (κ1) is 10.4. The highest BCUT2D eigenvalue weighted by atomic mass is 32.1. The number of hydrogen-bond acceptors (Lipinski definition) is 4. The molecule has 1 aromatic heterocycles. The van der Waals surface area contributed by atoms with Gasteiger partial charge in [0.2, 0.25) is 0 Å². The van der Waals surface area contributed by atoms with E-state index in [1.54, 1.807) is 19.0 Å². The van der Waals surface area contributed by atoms with E-state index in [1.165, 1.54) is 16.2 Å². The maximum absolute atomic E-state index is 11.9. The van der Waals surface area contributed by atoms with E-state index in [2.05, 4.69) is 0 Å². The van der Waals surface area contributed by atoms with Crippen LogP contribution in [0.4, 0.5) is 5.00 Å². The molecular formula is C10H14N2O2S. The third-order valence-electron chi connectivity index (χ3n) is 2.46. The maximum Gasteiger partial charge on any atom is 0.256 e. The van der Waals surface area contributed by atoms with Crippen LogP contribution in [0, 0.1) is 0 Å². The number of thiophene rings is 1. The molecule has 0 saturated carbocycles. The van der Waals surface area contributed by atoms with Gasteiger partial charge in [-0.25, -0.2) is 0 Å². The summed E-state index contributed by atoms with van der Waals surface area (Å²) in [7, 11) is 3.46. The lowest BCUT2D eigenvalue weighted by Gasteiger charge is -2.15. The minimum Gasteiger partial charge on any atom is -0.390 e. The van der Waals surface area contributed by atoms with Crippen molar-refractivity contribution in [1.29, 1.82) is 0 Å². The molecule has 0 unspecified atom stereocenters. The molecule has 0 bridgehead atoms. The third kappa shape index (κ3) is 1.72. The number of hydrogen-bond donors (Lipinski definition) is 1. The van der Waals surface area contributed by atoms with Crippen LogP contribution < -0.4 is 5.73 Å². The Morgan fingerprint density at radius 1 is 1.53 bits per heavy atom. The van der Waals surface area contributed by atoms with Gasteiger partial charge in [0.15, 0.2) is 0 Å². The summed E-state index contributed by atoms with van der Waals surface area (Å²) >= 11 is 1.51. The summed E-state index contributed by atoms with van der Waals surface area (Å²) in [5.74, 6) is -0.0319. The summed E-state index contributed by atoms with van der Waals surface area (Å²) in [5, 5.41) is 0.615. The second-order valence-corrected chi connectivity index (χ2v) is 4.88. The van der Waals surface area contributed by atoms with Crippen molar-refractivity contribution in [2.45, 2.75) is 13.0 Å². The standard InChI is InChI=1S/C10H14N2O2S/c1-12(2)10(13)8-6-5-14-4-3-7(6)15-9(8)11/h3-5,11H2,1-2H3. The van der Waals surface area contributed by atoms with Crippen molar-refractivity contribution < 1.29 is 9.53 Å². The Kier molecular flexibility index (Phi) is 2.67. The van der Waals surface area contributed by atoms with Gasteiger partial charge in [-0.15, -0.1) is 11.3 Å². The largest absolute Gasteiger partial charge is 0.390 e. The normalized spacial score (nSPS) is 14.8. The Hall–Kier alpha value is -1.07. The molecule has 2 heterocycles. The second-order valence-electron chi connectivity index (χ2n) is 3.75. The molecule has 1 aliphatic rings. The van der Waals surface area contributed by atoms with E-state index in [0.29, 0.717) is 17.2 Å². The van der Waals surface area contributed by atoms with Crippen molar-refractivity contribution >= 4 is 22.2 Å². The van der Waals surface area contributed by atoms with Gasteiger partial charge in [0, 0.05) is 31.0 Å². The van der Waals surface area contributed by atoms with Crippen molar-refractivity contribution in [3.63, 3.8) is 0 Å². The number of nitrogen functional groups attached to an aromatic ring is 1. The smallest absolute Gasteiger partial charge is 0.256 e. The number of carbonyl (C=O) groups is 1. The van der Waals surface area contributed by atoms with E-state index in [4.69, 9.17) is 10.5 Å². The molecule has 0 radical (unpaired) electrons. The van der Waals surface area contributed by atoms with E-state index in [1.807, 2.05) is 0 Å². The molecule has 2 rings (SSSR count). The molecule has 0 aliphatic carbocycles. The van der Waals surface area contributed by atoms with Gasteiger partial charge >= 0.3 is 0 Å². The molecule has 0 spiro atoms. The summed E-state index contributed by atoms with van der Waals surface area (Å²) in [6.07, 6.45) is 0.866. The van der Waals surface area contributed by atoms with E-state index in [0.717, 1.165) is 18.6 Å². The molecule has 82 valence electrons. The predicted octanol–water partition coefficient (Wildman–Crippen LogP) is 1.10. The number of fused-ring (bicyclic) bond motifs is 1. The number of carbonyl (C=O) groups excluding carboxylic acids is 1. The molecule has 2 N–H and O–H groups in total. The van der Waals surface area contributed by atoms with Crippen LogP contribution in [0.25, 0.3) is 0 Å². The minimum absolute atomic E-state index is 0.0319. The van der Waals surface area contributed by atoms with Gasteiger partial charge in [0.1, 0.15) is 0 Å². The monoisotopic (exact) mass is 226 g/mol. The third-order valence-corrected chi connectivity index (χ3v) is 3.58. The van der Waals surface area contributed by atoms with Gasteiger partial charge in [-0.1, -0.05) is 0 Å². The van der Waals surface area contributed by atoms with Crippen LogP contribution in [-0.4, -0.2) is 31.5 Å². The fraction of sp³-hybridized carbons (Fsp3) is 0.500. The van der Waals surface area contributed by atoms with Crippen LogP contribution in [0.15, 0.2) is 0 Å². The average molecular weight is 226 g/mol. The first-order valence-electron chi connectivity index (χ1n) is 4.80. The zero-order valence-electron chi connectivity index (χ0n) is 8.87. The number of nitrogens with zero attached hydrogens (tertiary/aromatic N) is 1. The summed E-state index contributed by atoms with van der Waals surface area (Å²) in [4.78, 5) is 14.6. The predicted molar refractivity (Wildman–Crippen MR) is 60.1 cm³/mol. The van der Waals surface area contributed by atoms with Crippen LogP contribution >= 0.6 is 11.3 Å². The highest BCUT2D eigenvalue weighted by Gasteiger charge is 2.25. The summed E-state index contributed by atoms with van der Waals surface area (Å²) in [5.41, 5.74) is 7.50. The van der Waals surface area contributed by atoms with Crippen LogP contribution in [0.2, 0.25) is 0 Å². The van der Waals surface area contributed by atoms with Crippen LogP contribution in [0.1, 0.15) is 20.8 Å². The topological polar surface area (TPSA) is 55.6 Å². The van der Waals surface area contributed by atoms with Crippen LogP contribution in [-0.2, 0) is 17.8 Å². The molecule has 0 atom stereocenters. The summed E-state index contributed by atoms with van der Waals surface area (Å²) < 4.78 is 5.36. The minimum atomic E-state index is -0.0319. The van der Waals surface area contributed by atoms with Gasteiger partial charge in [0.25, 0.3) is 5.91 Å². The van der Waals surface area contributed by atoms with Crippen LogP contribution in [0.5, 0.6) is 0 Å². The zero-order chi connectivity index (χ0) is 11.0. The lowest BCUT2D eigenvalue weighted by atomic mass is 10.1. The Morgan fingerprint density at radius 3 is 2.93 bits per heavy atom. The maximum atomic E-state index is 11.9. The zero-order valence-corrected chi connectivity index (χ0v) is 9.69. The molecule has 15 heavy (non-hydrogen) atoms. The molecule has 1 aliphatic heterocycles. The summed E-state index contributed by atoms with van der Waals surface area (Å²) in [6.45, 7) is 1.24. The molecule has 4 nitrogen and oxygen atoms in total. The fourth-order valence-corrected chi connectivity index (χ4v) is 2.73. The van der Waals surface area contributed by atoms with Gasteiger partial charge in [-0.05, 0) is 0 Å². The van der Waals surface area contributed by atoms with Gasteiger partial charge < -0.3 is 15.4 Å². The number of nitrogens with two attached hydrogens (primary N) is 1. The Bertz CT molecular complexity index is 398. The highest BCUT2D eigenvalue weighted by Crippen LogP contribution is 2.34. The Balaban J connectivity index is 2.46. The van der Waals surface area contributed by atoms with Crippen molar-refractivity contribution in [3.05, 3.63) is 16.0 Å². The SMILES string of the molecule is CN(C)C(=O)c1c(N)sc2c1COCC2. The number of amides is 1. The van der Waals surface area contributed by atoms with Crippen molar-refractivity contribution in [1.82, 2.24) is 4.90 Å². The molecule has 0 fully saturated rings. The van der Waals surface area contributed by atoms with E-state index >= 15 is 0 Å². The van der Waals surface area contributed by atoms with Gasteiger partial charge in [-0.2, -0.15) is 0 Å². The molecule has 5 heteroatoms. The highest BCUT2D eigenvalue weighted by molar-refractivity contribution is 7.16. The van der Waals surface area contributed by atoms with Crippen molar-refractivity contribution in [2.24, 2.45) is 0 Å².